The van der Waals surface area contributed by atoms with Crippen molar-refractivity contribution in [1.82, 2.24) is 0 Å². The molecule has 0 saturated carbocycles. The number of halogens is 1. The first-order valence-corrected chi connectivity index (χ1v) is 7.48. The molecule has 0 saturated heterocycles. The number of aliphatic hydroxyl groups is 1. The molecule has 0 fully saturated rings. The molecule has 0 amide bonds. The van der Waals surface area contributed by atoms with Crippen LogP contribution in [0.25, 0.3) is 0 Å². The molecule has 0 aliphatic heterocycles. The number of rotatable bonds is 5. The van der Waals surface area contributed by atoms with Gasteiger partial charge in [-0.15, -0.1) is 0 Å². The lowest BCUT2D eigenvalue weighted by atomic mass is 9.96. The zero-order chi connectivity index (χ0) is 16.9. The molecule has 5 nitrogen and oxygen atoms in total. The van der Waals surface area contributed by atoms with Crippen molar-refractivity contribution in [2.75, 3.05) is 19.0 Å². The number of hydrogen-bond donors (Lipinski definition) is 3. The van der Waals surface area contributed by atoms with E-state index in [1.165, 1.54) is 0 Å². The monoisotopic (exact) mass is 333 g/mol. The van der Waals surface area contributed by atoms with Crippen LogP contribution in [-0.4, -0.2) is 24.7 Å². The van der Waals surface area contributed by atoms with Crippen molar-refractivity contribution in [3.8, 4) is 5.75 Å². The van der Waals surface area contributed by atoms with Crippen LogP contribution in [-0.2, 0) is 5.60 Å². The van der Waals surface area contributed by atoms with Gasteiger partial charge in [-0.3, -0.25) is 0 Å². The minimum absolute atomic E-state index is 0.0890. The molecule has 4 N–H and O–H groups in total. The smallest absolute Gasteiger partial charge is 0.193 e. The van der Waals surface area contributed by atoms with Crippen LogP contribution >= 0.6 is 11.6 Å². The molecule has 0 aliphatic rings. The van der Waals surface area contributed by atoms with Gasteiger partial charge in [0.25, 0.3) is 0 Å². The van der Waals surface area contributed by atoms with Crippen LogP contribution in [0.5, 0.6) is 5.75 Å². The lowest BCUT2D eigenvalue weighted by Gasteiger charge is -2.23. The molecule has 2 rings (SSSR count). The highest BCUT2D eigenvalue weighted by atomic mass is 35.5. The van der Waals surface area contributed by atoms with Crippen molar-refractivity contribution in [2.24, 2.45) is 10.7 Å². The Morgan fingerprint density at radius 1 is 1.26 bits per heavy atom. The van der Waals surface area contributed by atoms with Crippen molar-refractivity contribution in [2.45, 2.75) is 12.5 Å². The topological polar surface area (TPSA) is 79.9 Å². The molecule has 0 heterocycles. The fourth-order valence-electron chi connectivity index (χ4n) is 2.08. The van der Waals surface area contributed by atoms with Crippen LogP contribution in [0.2, 0.25) is 5.02 Å². The van der Waals surface area contributed by atoms with E-state index in [-0.39, 0.29) is 12.5 Å². The van der Waals surface area contributed by atoms with E-state index >= 15 is 0 Å². The average Bonchev–Trinajstić information content (AvgIpc) is 2.54. The molecule has 23 heavy (non-hydrogen) atoms. The second-order valence-corrected chi connectivity index (χ2v) is 5.72. The van der Waals surface area contributed by atoms with E-state index < -0.39 is 5.60 Å². The third-order valence-corrected chi connectivity index (χ3v) is 3.70. The molecule has 1 atom stereocenters. The first-order valence-electron chi connectivity index (χ1n) is 7.11. The maximum Gasteiger partial charge on any atom is 0.193 e. The molecule has 2 aromatic rings. The van der Waals surface area contributed by atoms with Gasteiger partial charge in [-0.25, -0.2) is 4.99 Å². The third-order valence-electron chi connectivity index (χ3n) is 3.37. The summed E-state index contributed by atoms with van der Waals surface area (Å²) < 4.78 is 5.09. The van der Waals surface area contributed by atoms with Crippen LogP contribution in [0.1, 0.15) is 12.5 Å². The number of benzene rings is 2. The molecule has 2 aromatic carbocycles. The SMILES string of the molecule is COc1ccc(NC(N)=NCC(C)(O)c2ccccc2Cl)cc1. The molecule has 0 spiro atoms. The van der Waals surface area contributed by atoms with Gasteiger partial charge in [-0.1, -0.05) is 29.8 Å². The number of guanidine groups is 1. The predicted octanol–water partition coefficient (Wildman–Crippen LogP) is 2.98. The summed E-state index contributed by atoms with van der Waals surface area (Å²) in [7, 11) is 1.61. The summed E-state index contributed by atoms with van der Waals surface area (Å²) in [5, 5.41) is 14.0. The highest BCUT2D eigenvalue weighted by molar-refractivity contribution is 6.31. The lowest BCUT2D eigenvalue weighted by Crippen LogP contribution is -2.29. The zero-order valence-corrected chi connectivity index (χ0v) is 13.8. The highest BCUT2D eigenvalue weighted by Crippen LogP contribution is 2.28. The summed E-state index contributed by atoms with van der Waals surface area (Å²) in [6.45, 7) is 1.74. The molecule has 6 heteroatoms. The van der Waals surface area contributed by atoms with Gasteiger partial charge in [0.05, 0.1) is 13.7 Å². The molecule has 0 aromatic heterocycles. The third kappa shape index (κ3) is 4.61. The Morgan fingerprint density at radius 2 is 1.91 bits per heavy atom. The number of nitrogens with two attached hydrogens (primary N) is 1. The fraction of sp³-hybridized carbons (Fsp3) is 0.235. The number of methoxy groups -OCH3 is 1. The number of ether oxygens (including phenoxy) is 1. The summed E-state index contributed by atoms with van der Waals surface area (Å²) in [5.41, 5.74) is 6.05. The Hall–Kier alpha value is -2.24. The Balaban J connectivity index is 2.04. The molecular weight excluding hydrogens is 314 g/mol. The molecule has 122 valence electrons. The molecule has 1 unspecified atom stereocenters. The van der Waals surface area contributed by atoms with Gasteiger partial charge in [-0.2, -0.15) is 0 Å². The number of anilines is 1. The Morgan fingerprint density at radius 3 is 2.52 bits per heavy atom. The van der Waals surface area contributed by atoms with E-state index in [1.807, 2.05) is 36.4 Å². The number of aliphatic imine (C=N–C) groups is 1. The number of nitrogens with zero attached hydrogens (tertiary/aromatic N) is 1. The second kappa shape index (κ2) is 7.35. The van der Waals surface area contributed by atoms with E-state index in [9.17, 15) is 5.11 Å². The second-order valence-electron chi connectivity index (χ2n) is 5.31. The Bertz CT molecular complexity index is 684. The van der Waals surface area contributed by atoms with Crippen molar-refractivity contribution in [3.05, 3.63) is 59.1 Å². The average molecular weight is 334 g/mol. The van der Waals surface area contributed by atoms with Gasteiger partial charge < -0.3 is 20.9 Å². The predicted molar refractivity (Wildman–Crippen MR) is 94.1 cm³/mol. The van der Waals surface area contributed by atoms with Crippen LogP contribution in [0.4, 0.5) is 5.69 Å². The van der Waals surface area contributed by atoms with Crippen LogP contribution < -0.4 is 15.8 Å². The van der Waals surface area contributed by atoms with E-state index in [2.05, 4.69) is 10.3 Å². The molecule has 0 aliphatic carbocycles. The van der Waals surface area contributed by atoms with Crippen molar-refractivity contribution < 1.29 is 9.84 Å². The van der Waals surface area contributed by atoms with Gasteiger partial charge in [-0.05, 0) is 37.3 Å². The maximum atomic E-state index is 10.6. The van der Waals surface area contributed by atoms with E-state index in [0.717, 1.165) is 11.4 Å². The van der Waals surface area contributed by atoms with Crippen LogP contribution in [0.15, 0.2) is 53.5 Å². The van der Waals surface area contributed by atoms with E-state index in [4.69, 9.17) is 22.1 Å². The largest absolute Gasteiger partial charge is 0.497 e. The summed E-state index contributed by atoms with van der Waals surface area (Å²) in [6.07, 6.45) is 0. The van der Waals surface area contributed by atoms with Crippen LogP contribution in [0.3, 0.4) is 0 Å². The Kier molecular flexibility index (Phi) is 5.47. The first-order chi connectivity index (χ1) is 10.9. The lowest BCUT2D eigenvalue weighted by molar-refractivity contribution is 0.0675. The van der Waals surface area contributed by atoms with E-state index in [1.54, 1.807) is 26.2 Å². The highest BCUT2D eigenvalue weighted by Gasteiger charge is 2.25. The summed E-state index contributed by atoms with van der Waals surface area (Å²) >= 11 is 6.12. The van der Waals surface area contributed by atoms with Gasteiger partial charge >= 0.3 is 0 Å². The molecular formula is C17H20ClN3O2. The van der Waals surface area contributed by atoms with Gasteiger partial charge in [0.15, 0.2) is 5.96 Å². The summed E-state index contributed by atoms with van der Waals surface area (Å²) in [4.78, 5) is 4.19. The maximum absolute atomic E-state index is 10.6. The van der Waals surface area contributed by atoms with Gasteiger partial charge in [0.2, 0.25) is 0 Å². The minimum atomic E-state index is -1.20. The van der Waals surface area contributed by atoms with Crippen molar-refractivity contribution in [3.63, 3.8) is 0 Å². The Labute approximate surface area is 140 Å². The van der Waals surface area contributed by atoms with Gasteiger partial charge in [0.1, 0.15) is 11.4 Å². The minimum Gasteiger partial charge on any atom is -0.497 e. The van der Waals surface area contributed by atoms with E-state index in [0.29, 0.717) is 10.6 Å². The molecule has 0 radical (unpaired) electrons. The number of hydrogen-bond acceptors (Lipinski definition) is 3. The summed E-state index contributed by atoms with van der Waals surface area (Å²) in [5.74, 6) is 0.968. The first kappa shape index (κ1) is 17.1. The molecule has 0 bridgehead atoms. The van der Waals surface area contributed by atoms with Crippen molar-refractivity contribution in [1.29, 1.82) is 0 Å². The van der Waals surface area contributed by atoms with Crippen molar-refractivity contribution >= 4 is 23.2 Å². The van der Waals surface area contributed by atoms with Crippen LogP contribution in [0, 0.1) is 0 Å². The van der Waals surface area contributed by atoms with Gasteiger partial charge in [0, 0.05) is 16.3 Å². The zero-order valence-electron chi connectivity index (χ0n) is 13.1. The normalized spacial score (nSPS) is 14.2. The standard InChI is InChI=1S/C17H20ClN3O2/c1-17(22,14-5-3-4-6-15(14)18)11-20-16(19)21-12-7-9-13(23-2)10-8-12/h3-10,22H,11H2,1-2H3,(H3,19,20,21). The summed E-state index contributed by atoms with van der Waals surface area (Å²) in [6, 6.07) is 14.4. The fourth-order valence-corrected chi connectivity index (χ4v) is 2.42. The number of nitrogens with one attached hydrogen (secondary N) is 1. The quantitative estimate of drug-likeness (QED) is 0.580.